The molecule has 92 valence electrons. The lowest BCUT2D eigenvalue weighted by Gasteiger charge is -2.21. The molecule has 1 unspecified atom stereocenters. The van der Waals surface area contributed by atoms with Gasteiger partial charge in [-0.2, -0.15) is 0 Å². The first-order chi connectivity index (χ1) is 7.91. The molecule has 1 rings (SSSR count). The number of ketones is 1. The van der Waals surface area contributed by atoms with Gasteiger partial charge in [-0.1, -0.05) is 18.5 Å². The highest BCUT2D eigenvalue weighted by Gasteiger charge is 2.19. The minimum absolute atomic E-state index is 0.0235. The van der Waals surface area contributed by atoms with Crippen molar-refractivity contribution in [2.45, 2.75) is 20.3 Å². The van der Waals surface area contributed by atoms with Gasteiger partial charge in [0.1, 0.15) is 5.78 Å². The Labute approximate surface area is 106 Å². The Morgan fingerprint density at radius 2 is 1.82 bits per heavy atom. The monoisotopic (exact) mass is 253 g/mol. The number of anilines is 1. The van der Waals surface area contributed by atoms with Crippen LogP contribution in [-0.4, -0.2) is 18.7 Å². The topological polar surface area (TPSA) is 37.4 Å². The number of amides is 1. The zero-order chi connectivity index (χ0) is 13.0. The van der Waals surface area contributed by atoms with Gasteiger partial charge in [0.15, 0.2) is 0 Å². The highest BCUT2D eigenvalue weighted by molar-refractivity contribution is 6.30. The predicted molar refractivity (Wildman–Crippen MR) is 69.3 cm³/mol. The van der Waals surface area contributed by atoms with Crippen molar-refractivity contribution in [3.8, 4) is 0 Å². The maximum atomic E-state index is 12.0. The van der Waals surface area contributed by atoms with Gasteiger partial charge in [0.2, 0.25) is 5.91 Å². The number of rotatable bonds is 4. The van der Waals surface area contributed by atoms with Gasteiger partial charge in [0.05, 0.1) is 0 Å². The Bertz CT molecular complexity index is 414. The molecule has 0 aliphatic heterocycles. The quantitative estimate of drug-likeness (QED) is 0.827. The molecule has 1 aromatic carbocycles. The van der Waals surface area contributed by atoms with Gasteiger partial charge in [0.25, 0.3) is 0 Å². The number of nitrogens with zero attached hydrogens (tertiary/aromatic N) is 1. The fourth-order valence-corrected chi connectivity index (χ4v) is 1.77. The molecule has 0 aliphatic carbocycles. The average Bonchev–Trinajstić information content (AvgIpc) is 2.27. The summed E-state index contributed by atoms with van der Waals surface area (Å²) >= 11 is 5.78. The van der Waals surface area contributed by atoms with Crippen LogP contribution in [0.3, 0.4) is 0 Å². The van der Waals surface area contributed by atoms with Gasteiger partial charge in [-0.3, -0.25) is 4.79 Å². The van der Waals surface area contributed by atoms with Gasteiger partial charge in [0, 0.05) is 30.1 Å². The molecule has 3 nitrogen and oxygen atoms in total. The zero-order valence-corrected chi connectivity index (χ0v) is 11.0. The molecule has 0 spiro atoms. The third-order valence-electron chi connectivity index (χ3n) is 2.56. The molecule has 0 heterocycles. The van der Waals surface area contributed by atoms with E-state index in [9.17, 15) is 9.59 Å². The standard InChI is InChI=1S/C13H16ClNO2/c1-9(8-10(2)16)13(17)15(3)12-6-4-11(14)5-7-12/h4-7,9H,8H2,1-3H3. The van der Waals surface area contributed by atoms with Crippen LogP contribution < -0.4 is 4.90 Å². The molecule has 0 aromatic heterocycles. The highest BCUT2D eigenvalue weighted by Crippen LogP contribution is 2.19. The van der Waals surface area contributed by atoms with E-state index in [1.807, 2.05) is 0 Å². The summed E-state index contributed by atoms with van der Waals surface area (Å²) in [6.45, 7) is 3.25. The SMILES string of the molecule is CC(=O)CC(C)C(=O)N(C)c1ccc(Cl)cc1. The van der Waals surface area contributed by atoms with Crippen molar-refractivity contribution in [3.05, 3.63) is 29.3 Å². The molecule has 1 amide bonds. The Morgan fingerprint density at radius 3 is 2.29 bits per heavy atom. The molecular formula is C13H16ClNO2. The number of carbonyl (C=O) groups excluding carboxylic acids is 2. The summed E-state index contributed by atoms with van der Waals surface area (Å²) < 4.78 is 0. The molecule has 0 radical (unpaired) electrons. The van der Waals surface area contributed by atoms with Crippen LogP contribution in [0.25, 0.3) is 0 Å². The Balaban J connectivity index is 2.75. The van der Waals surface area contributed by atoms with Crippen LogP contribution in [0.15, 0.2) is 24.3 Å². The molecule has 0 saturated carbocycles. The number of Topliss-reactive ketones (excluding diaryl/α,β-unsaturated/α-hetero) is 1. The molecule has 1 atom stereocenters. The molecule has 0 saturated heterocycles. The van der Waals surface area contributed by atoms with Crippen molar-refractivity contribution < 1.29 is 9.59 Å². The maximum absolute atomic E-state index is 12.0. The fourth-order valence-electron chi connectivity index (χ4n) is 1.64. The smallest absolute Gasteiger partial charge is 0.229 e. The van der Waals surface area contributed by atoms with Crippen LogP contribution in [0.4, 0.5) is 5.69 Å². The van der Waals surface area contributed by atoms with E-state index < -0.39 is 0 Å². The van der Waals surface area contributed by atoms with E-state index >= 15 is 0 Å². The highest BCUT2D eigenvalue weighted by atomic mass is 35.5. The first kappa shape index (κ1) is 13.7. The van der Waals surface area contributed by atoms with E-state index in [1.165, 1.54) is 6.92 Å². The van der Waals surface area contributed by atoms with Crippen molar-refractivity contribution in [1.82, 2.24) is 0 Å². The second-order valence-electron chi connectivity index (χ2n) is 4.18. The normalized spacial score (nSPS) is 12.0. The van der Waals surface area contributed by atoms with Crippen LogP contribution in [-0.2, 0) is 9.59 Å². The van der Waals surface area contributed by atoms with Crippen LogP contribution in [0, 0.1) is 5.92 Å². The van der Waals surface area contributed by atoms with Gasteiger partial charge < -0.3 is 9.69 Å². The maximum Gasteiger partial charge on any atom is 0.229 e. The zero-order valence-electron chi connectivity index (χ0n) is 10.2. The number of hydrogen-bond acceptors (Lipinski definition) is 2. The van der Waals surface area contributed by atoms with E-state index in [1.54, 1.807) is 43.1 Å². The number of hydrogen-bond donors (Lipinski definition) is 0. The molecule has 0 N–H and O–H groups in total. The number of benzene rings is 1. The molecule has 0 fully saturated rings. The van der Waals surface area contributed by atoms with Crippen LogP contribution in [0.5, 0.6) is 0 Å². The van der Waals surface area contributed by atoms with E-state index in [0.29, 0.717) is 5.02 Å². The Morgan fingerprint density at radius 1 is 1.29 bits per heavy atom. The molecule has 0 aliphatic rings. The number of halogens is 1. The lowest BCUT2D eigenvalue weighted by Crippen LogP contribution is -2.32. The summed E-state index contributed by atoms with van der Waals surface area (Å²) in [7, 11) is 1.70. The second kappa shape index (κ2) is 5.82. The second-order valence-corrected chi connectivity index (χ2v) is 4.62. The van der Waals surface area contributed by atoms with E-state index in [0.717, 1.165) is 5.69 Å². The minimum atomic E-state index is -0.298. The largest absolute Gasteiger partial charge is 0.315 e. The molecule has 17 heavy (non-hydrogen) atoms. The third-order valence-corrected chi connectivity index (χ3v) is 2.81. The molecule has 0 bridgehead atoms. The first-order valence-corrected chi connectivity index (χ1v) is 5.82. The van der Waals surface area contributed by atoms with Crippen molar-refractivity contribution >= 4 is 29.0 Å². The lowest BCUT2D eigenvalue weighted by atomic mass is 10.0. The van der Waals surface area contributed by atoms with Crippen molar-refractivity contribution in [3.63, 3.8) is 0 Å². The predicted octanol–water partition coefficient (Wildman–Crippen LogP) is 2.92. The summed E-state index contributed by atoms with van der Waals surface area (Å²) in [5.74, 6) is -0.342. The van der Waals surface area contributed by atoms with Gasteiger partial charge in [-0.05, 0) is 31.2 Å². The van der Waals surface area contributed by atoms with E-state index in [-0.39, 0.29) is 24.0 Å². The van der Waals surface area contributed by atoms with Crippen LogP contribution in [0.2, 0.25) is 5.02 Å². The summed E-state index contributed by atoms with van der Waals surface area (Å²) in [6.07, 6.45) is 0.275. The van der Waals surface area contributed by atoms with Gasteiger partial charge >= 0.3 is 0 Å². The molecule has 4 heteroatoms. The molecule has 1 aromatic rings. The Hall–Kier alpha value is -1.35. The third kappa shape index (κ3) is 3.86. The van der Waals surface area contributed by atoms with E-state index in [4.69, 9.17) is 11.6 Å². The van der Waals surface area contributed by atoms with Gasteiger partial charge in [-0.25, -0.2) is 0 Å². The lowest BCUT2D eigenvalue weighted by molar-refractivity contribution is -0.126. The fraction of sp³-hybridized carbons (Fsp3) is 0.385. The van der Waals surface area contributed by atoms with Gasteiger partial charge in [-0.15, -0.1) is 0 Å². The van der Waals surface area contributed by atoms with Crippen molar-refractivity contribution in [1.29, 1.82) is 0 Å². The number of carbonyl (C=O) groups is 2. The van der Waals surface area contributed by atoms with E-state index in [2.05, 4.69) is 0 Å². The first-order valence-electron chi connectivity index (χ1n) is 5.44. The van der Waals surface area contributed by atoms with Crippen molar-refractivity contribution in [2.24, 2.45) is 5.92 Å². The Kier molecular flexibility index (Phi) is 4.70. The summed E-state index contributed by atoms with van der Waals surface area (Å²) in [4.78, 5) is 24.5. The minimum Gasteiger partial charge on any atom is -0.315 e. The van der Waals surface area contributed by atoms with Crippen molar-refractivity contribution in [2.75, 3.05) is 11.9 Å². The molecular weight excluding hydrogens is 238 g/mol. The summed E-state index contributed by atoms with van der Waals surface area (Å²) in [5, 5.41) is 0.631. The summed E-state index contributed by atoms with van der Waals surface area (Å²) in [6, 6.07) is 7.02. The summed E-state index contributed by atoms with van der Waals surface area (Å²) in [5.41, 5.74) is 0.773. The van der Waals surface area contributed by atoms with Crippen LogP contribution >= 0.6 is 11.6 Å². The van der Waals surface area contributed by atoms with Crippen LogP contribution in [0.1, 0.15) is 20.3 Å². The average molecular weight is 254 g/mol.